The molecule has 0 aliphatic heterocycles. The van der Waals surface area contributed by atoms with Crippen LogP contribution in [0.3, 0.4) is 0 Å². The highest BCUT2D eigenvalue weighted by Gasteiger charge is 2.13. The molecule has 3 aromatic heterocycles. The largest absolute Gasteiger partial charge is 0.467 e. The molecule has 2 aromatic carbocycles. The Morgan fingerprint density at radius 1 is 0.824 bits per heavy atom. The Morgan fingerprint density at radius 2 is 1.41 bits per heavy atom. The lowest BCUT2D eigenvalue weighted by atomic mass is 10.1. The summed E-state index contributed by atoms with van der Waals surface area (Å²) >= 11 is 6.00. The van der Waals surface area contributed by atoms with E-state index in [0.717, 1.165) is 22.0 Å². The maximum atomic E-state index is 9.28. The zero-order valence-corrected chi connectivity index (χ0v) is 18.5. The van der Waals surface area contributed by atoms with Crippen molar-refractivity contribution in [1.29, 1.82) is 10.5 Å². The van der Waals surface area contributed by atoms with Crippen molar-refractivity contribution < 1.29 is 4.42 Å². The average Bonchev–Trinajstić information content (AvgIpc) is 3.37. The number of aromatic nitrogens is 2. The molecule has 0 amide bonds. The number of nitrogens with one attached hydrogen (secondary N) is 1. The molecular formula is C25H18ClN7O. The van der Waals surface area contributed by atoms with Crippen molar-refractivity contribution in [1.82, 2.24) is 9.97 Å². The first kappa shape index (κ1) is 22.4. The molecule has 5 N–H and O–H groups in total. The summed E-state index contributed by atoms with van der Waals surface area (Å²) in [5.74, 6) is 1.19. The second kappa shape index (κ2) is 9.78. The van der Waals surface area contributed by atoms with Crippen LogP contribution in [0.5, 0.6) is 0 Å². The van der Waals surface area contributed by atoms with E-state index in [9.17, 15) is 5.26 Å². The molecular weight excluding hydrogens is 450 g/mol. The standard InChI is InChI=1S/C15H12N4O.C10H6ClN3/c16-8-12-14(18-9-10-4-3-7-20-10)11-5-1-2-6-13(11)19-15(12)17;11-9-6-3-1-2-4-8(6)14-10(13)7(9)5-12/h1-7H,9H2,(H3,17,18,19);1-4H,(H2,13,14). The van der Waals surface area contributed by atoms with Crippen molar-refractivity contribution in [2.24, 2.45) is 0 Å². The zero-order chi connectivity index (χ0) is 24.1. The van der Waals surface area contributed by atoms with E-state index in [-0.39, 0.29) is 17.2 Å². The van der Waals surface area contributed by atoms with Crippen molar-refractivity contribution in [3.05, 3.63) is 88.8 Å². The smallest absolute Gasteiger partial charge is 0.144 e. The van der Waals surface area contributed by atoms with Gasteiger partial charge in [0.2, 0.25) is 0 Å². The number of halogens is 1. The second-order valence-electron chi connectivity index (χ2n) is 7.12. The number of hydrogen-bond donors (Lipinski definition) is 3. The predicted octanol–water partition coefficient (Wildman–Crippen LogP) is 5.24. The number of nitrogen functional groups attached to an aromatic ring is 2. The minimum atomic E-state index is 0.177. The Morgan fingerprint density at radius 3 is 2.03 bits per heavy atom. The number of para-hydroxylation sites is 2. The summed E-state index contributed by atoms with van der Waals surface area (Å²) in [5, 5.41) is 23.3. The Labute approximate surface area is 200 Å². The molecule has 5 rings (SSSR count). The van der Waals surface area contributed by atoms with Crippen molar-refractivity contribution in [2.75, 3.05) is 16.8 Å². The van der Waals surface area contributed by atoms with Gasteiger partial charge in [-0.25, -0.2) is 9.97 Å². The topological polar surface area (TPSA) is 151 Å². The van der Waals surface area contributed by atoms with E-state index in [1.54, 1.807) is 12.3 Å². The summed E-state index contributed by atoms with van der Waals surface area (Å²) in [5.41, 5.74) is 14.2. The van der Waals surface area contributed by atoms with Gasteiger partial charge in [0.15, 0.2) is 0 Å². The normalized spacial score (nSPS) is 10.2. The number of furan rings is 1. The van der Waals surface area contributed by atoms with E-state index in [4.69, 9.17) is 32.7 Å². The van der Waals surface area contributed by atoms with Crippen LogP contribution < -0.4 is 16.8 Å². The van der Waals surface area contributed by atoms with Gasteiger partial charge >= 0.3 is 0 Å². The van der Waals surface area contributed by atoms with Gasteiger partial charge < -0.3 is 21.2 Å². The molecule has 0 saturated heterocycles. The number of hydrogen-bond acceptors (Lipinski definition) is 8. The summed E-state index contributed by atoms with van der Waals surface area (Å²) in [6, 6.07) is 22.6. The molecule has 166 valence electrons. The molecule has 0 radical (unpaired) electrons. The van der Waals surface area contributed by atoms with Gasteiger partial charge in [0.05, 0.1) is 34.6 Å². The number of nitrogens with two attached hydrogens (primary N) is 2. The quantitative estimate of drug-likeness (QED) is 0.326. The first-order chi connectivity index (χ1) is 16.5. The fourth-order valence-electron chi connectivity index (χ4n) is 3.41. The van der Waals surface area contributed by atoms with E-state index in [0.29, 0.717) is 28.3 Å². The third kappa shape index (κ3) is 4.40. The third-order valence-electron chi connectivity index (χ3n) is 5.02. The van der Waals surface area contributed by atoms with Crippen LogP contribution in [0.2, 0.25) is 5.02 Å². The second-order valence-corrected chi connectivity index (χ2v) is 7.50. The minimum Gasteiger partial charge on any atom is -0.467 e. The van der Waals surface area contributed by atoms with E-state index in [1.165, 1.54) is 0 Å². The van der Waals surface area contributed by atoms with Gasteiger partial charge in [0, 0.05) is 10.8 Å². The van der Waals surface area contributed by atoms with Gasteiger partial charge in [0.25, 0.3) is 0 Å². The molecule has 0 spiro atoms. The van der Waals surface area contributed by atoms with Gasteiger partial charge in [-0.05, 0) is 24.3 Å². The fourth-order valence-corrected chi connectivity index (χ4v) is 3.71. The molecule has 9 heteroatoms. The molecule has 34 heavy (non-hydrogen) atoms. The highest BCUT2D eigenvalue weighted by Crippen LogP contribution is 2.30. The molecule has 0 fully saturated rings. The summed E-state index contributed by atoms with van der Waals surface area (Å²) in [6.45, 7) is 0.481. The van der Waals surface area contributed by atoms with Crippen LogP contribution >= 0.6 is 11.6 Å². The average molecular weight is 468 g/mol. The lowest BCUT2D eigenvalue weighted by molar-refractivity contribution is 0.518. The molecule has 0 unspecified atom stereocenters. The van der Waals surface area contributed by atoms with E-state index in [1.807, 2.05) is 60.7 Å². The monoisotopic (exact) mass is 467 g/mol. The molecule has 0 bridgehead atoms. The van der Waals surface area contributed by atoms with E-state index in [2.05, 4.69) is 21.4 Å². The molecule has 0 aliphatic rings. The van der Waals surface area contributed by atoms with Crippen LogP contribution in [0.1, 0.15) is 16.9 Å². The summed E-state index contributed by atoms with van der Waals surface area (Å²) in [7, 11) is 0. The first-order valence-corrected chi connectivity index (χ1v) is 10.5. The number of benzene rings is 2. The highest BCUT2D eigenvalue weighted by molar-refractivity contribution is 6.36. The Balaban J connectivity index is 0.000000172. The fraction of sp³-hybridized carbons (Fsp3) is 0.0400. The van der Waals surface area contributed by atoms with Crippen LogP contribution in [-0.2, 0) is 6.54 Å². The Hall–Kier alpha value is -4.79. The van der Waals surface area contributed by atoms with Crippen LogP contribution in [0.25, 0.3) is 21.8 Å². The van der Waals surface area contributed by atoms with Gasteiger partial charge in [-0.1, -0.05) is 48.0 Å². The summed E-state index contributed by atoms with van der Waals surface area (Å²) in [6.07, 6.45) is 1.61. The Bertz CT molecular complexity index is 1570. The van der Waals surface area contributed by atoms with Crippen LogP contribution in [0.15, 0.2) is 71.3 Å². The summed E-state index contributed by atoms with van der Waals surface area (Å²) < 4.78 is 5.28. The third-order valence-corrected chi connectivity index (χ3v) is 5.41. The maximum absolute atomic E-state index is 9.28. The lowest BCUT2D eigenvalue weighted by Gasteiger charge is -2.12. The van der Waals surface area contributed by atoms with Gasteiger partial charge in [-0.2, -0.15) is 10.5 Å². The van der Waals surface area contributed by atoms with Crippen molar-refractivity contribution in [3.63, 3.8) is 0 Å². The summed E-state index contributed by atoms with van der Waals surface area (Å²) in [4.78, 5) is 8.32. The molecule has 0 aliphatic carbocycles. The van der Waals surface area contributed by atoms with E-state index >= 15 is 0 Å². The van der Waals surface area contributed by atoms with Gasteiger partial charge in [0.1, 0.15) is 40.7 Å². The van der Waals surface area contributed by atoms with Crippen LogP contribution in [0, 0.1) is 22.7 Å². The van der Waals surface area contributed by atoms with E-state index < -0.39 is 0 Å². The van der Waals surface area contributed by atoms with Crippen molar-refractivity contribution in [2.45, 2.75) is 6.54 Å². The number of pyridine rings is 2. The maximum Gasteiger partial charge on any atom is 0.144 e. The predicted molar refractivity (Wildman–Crippen MR) is 133 cm³/mol. The number of fused-ring (bicyclic) bond motifs is 2. The molecule has 8 nitrogen and oxygen atoms in total. The van der Waals surface area contributed by atoms with Crippen LogP contribution in [0.4, 0.5) is 17.3 Å². The molecule has 3 heterocycles. The number of anilines is 3. The molecule has 5 aromatic rings. The van der Waals surface area contributed by atoms with Gasteiger partial charge in [-0.15, -0.1) is 0 Å². The minimum absolute atomic E-state index is 0.177. The van der Waals surface area contributed by atoms with Crippen molar-refractivity contribution in [3.8, 4) is 12.1 Å². The zero-order valence-electron chi connectivity index (χ0n) is 17.8. The lowest BCUT2D eigenvalue weighted by Crippen LogP contribution is -2.05. The number of nitrogens with zero attached hydrogens (tertiary/aromatic N) is 4. The molecule has 0 saturated carbocycles. The number of rotatable bonds is 3. The van der Waals surface area contributed by atoms with Crippen molar-refractivity contribution >= 4 is 50.7 Å². The highest BCUT2D eigenvalue weighted by atomic mass is 35.5. The van der Waals surface area contributed by atoms with Crippen LogP contribution in [-0.4, -0.2) is 9.97 Å². The molecule has 0 atom stereocenters. The number of nitriles is 2. The SMILES string of the molecule is N#Cc1c(N)nc2ccccc2c1Cl.N#Cc1c(N)nc2ccccc2c1NCc1ccco1. The first-order valence-electron chi connectivity index (χ1n) is 10.1. The van der Waals surface area contributed by atoms with Gasteiger partial charge in [-0.3, -0.25) is 0 Å². The Kier molecular flexibility index (Phi) is 6.45.